The molecule has 0 fully saturated rings. The third kappa shape index (κ3) is 2.01. The smallest absolute Gasteiger partial charge is 0.174 e. The fourth-order valence-electron chi connectivity index (χ4n) is 2.81. The van der Waals surface area contributed by atoms with Crippen LogP contribution in [0.1, 0.15) is 28.4 Å². The molecule has 0 bridgehead atoms. The molecule has 3 rings (SSSR count). The molecule has 1 unspecified atom stereocenters. The van der Waals surface area contributed by atoms with E-state index in [2.05, 4.69) is 18.7 Å². The summed E-state index contributed by atoms with van der Waals surface area (Å²) >= 11 is 0. The molecule has 1 heteroatoms. The lowest BCUT2D eigenvalue weighted by Gasteiger charge is -2.25. The topological polar surface area (TPSA) is 17.1 Å². The first kappa shape index (κ1) is 12.6. The number of hydrogen-bond donors (Lipinski definition) is 0. The van der Waals surface area contributed by atoms with E-state index in [1.165, 1.54) is 0 Å². The Morgan fingerprint density at radius 1 is 1.00 bits per heavy atom. The van der Waals surface area contributed by atoms with Crippen LogP contribution < -0.4 is 0 Å². The highest BCUT2D eigenvalue weighted by Crippen LogP contribution is 2.38. The summed E-state index contributed by atoms with van der Waals surface area (Å²) in [5, 5.41) is 0. The van der Waals surface area contributed by atoms with Crippen LogP contribution in [0.15, 0.2) is 66.7 Å². The number of fused-ring (bicyclic) bond motifs is 1. The molecule has 0 saturated carbocycles. The van der Waals surface area contributed by atoms with E-state index >= 15 is 0 Å². The van der Waals surface area contributed by atoms with Gasteiger partial charge in [0, 0.05) is 5.56 Å². The monoisotopic (exact) mass is 260 g/mol. The molecule has 2 aromatic rings. The molecule has 0 spiro atoms. The fourth-order valence-corrected chi connectivity index (χ4v) is 2.81. The minimum Gasteiger partial charge on any atom is -0.293 e. The highest BCUT2D eigenvalue weighted by molar-refractivity contribution is 6.08. The number of carbonyl (C=O) groups is 1. The summed E-state index contributed by atoms with van der Waals surface area (Å²) in [4.78, 5) is 12.7. The van der Waals surface area contributed by atoms with E-state index in [0.717, 1.165) is 27.8 Å². The van der Waals surface area contributed by atoms with Crippen LogP contribution in [0.25, 0.3) is 11.6 Å². The number of hydrogen-bond acceptors (Lipinski definition) is 1. The minimum atomic E-state index is -0.243. The maximum Gasteiger partial charge on any atom is 0.174 e. The average Bonchev–Trinajstić information content (AvgIpc) is 2.48. The molecular formula is C19H16O. The van der Waals surface area contributed by atoms with E-state index < -0.39 is 0 Å². The normalized spacial score (nSPS) is 17.4. The number of Topliss-reactive ketones (excluding diaryl/α,β-unsaturated/α-hetero) is 1. The molecule has 0 N–H and O–H groups in total. The Morgan fingerprint density at radius 3 is 2.40 bits per heavy atom. The first-order chi connectivity index (χ1) is 9.68. The van der Waals surface area contributed by atoms with Crippen LogP contribution >= 0.6 is 0 Å². The van der Waals surface area contributed by atoms with Crippen LogP contribution in [0.5, 0.6) is 0 Å². The molecule has 1 aliphatic rings. The Bertz CT molecular complexity index is 708. The van der Waals surface area contributed by atoms with Gasteiger partial charge in [-0.25, -0.2) is 0 Å². The van der Waals surface area contributed by atoms with Crippen LogP contribution in [-0.2, 0) is 0 Å². The first-order valence-electron chi connectivity index (χ1n) is 6.74. The van der Waals surface area contributed by atoms with E-state index in [1.54, 1.807) is 0 Å². The standard InChI is InChI=1S/C19H16O/c1-13-12-16-10-6-7-11-17(16)14(2)18(13)19(20)15-8-4-3-5-9-15/h3-12,18H,2H2,1H3. The molecule has 1 nitrogen and oxygen atoms in total. The second kappa shape index (κ2) is 4.93. The Kier molecular flexibility index (Phi) is 3.11. The fraction of sp³-hybridized carbons (Fsp3) is 0.105. The van der Waals surface area contributed by atoms with Gasteiger partial charge in [0.05, 0.1) is 5.92 Å². The zero-order chi connectivity index (χ0) is 14.1. The highest BCUT2D eigenvalue weighted by atomic mass is 16.1. The first-order valence-corrected chi connectivity index (χ1v) is 6.74. The molecule has 0 aliphatic heterocycles. The summed E-state index contributed by atoms with van der Waals surface area (Å²) in [5.74, 6) is -0.119. The lowest BCUT2D eigenvalue weighted by atomic mass is 9.77. The number of carbonyl (C=O) groups excluding carboxylic acids is 1. The van der Waals surface area contributed by atoms with Gasteiger partial charge in [-0.3, -0.25) is 4.79 Å². The van der Waals surface area contributed by atoms with Crippen molar-refractivity contribution in [2.24, 2.45) is 5.92 Å². The van der Waals surface area contributed by atoms with E-state index in [4.69, 9.17) is 0 Å². The third-order valence-corrected chi connectivity index (χ3v) is 3.81. The Hall–Kier alpha value is -2.41. The summed E-state index contributed by atoms with van der Waals surface area (Å²) in [7, 11) is 0. The van der Waals surface area contributed by atoms with Gasteiger partial charge in [-0.1, -0.05) is 72.8 Å². The molecule has 98 valence electrons. The number of ketones is 1. The van der Waals surface area contributed by atoms with Crippen molar-refractivity contribution >= 4 is 17.4 Å². The van der Waals surface area contributed by atoms with Crippen LogP contribution in [0, 0.1) is 5.92 Å². The van der Waals surface area contributed by atoms with Crippen LogP contribution in [0.3, 0.4) is 0 Å². The highest BCUT2D eigenvalue weighted by Gasteiger charge is 2.29. The van der Waals surface area contributed by atoms with Gasteiger partial charge in [-0.15, -0.1) is 0 Å². The van der Waals surface area contributed by atoms with Crippen molar-refractivity contribution in [2.75, 3.05) is 0 Å². The quantitative estimate of drug-likeness (QED) is 0.720. The maximum atomic E-state index is 12.7. The van der Waals surface area contributed by atoms with Gasteiger partial charge < -0.3 is 0 Å². The summed E-state index contributed by atoms with van der Waals surface area (Å²) in [6.07, 6.45) is 2.09. The number of allylic oxidation sites excluding steroid dienone is 2. The van der Waals surface area contributed by atoms with Gasteiger partial charge in [-0.05, 0) is 23.6 Å². The van der Waals surface area contributed by atoms with Crippen molar-refractivity contribution in [3.05, 3.63) is 83.4 Å². The van der Waals surface area contributed by atoms with E-state index in [-0.39, 0.29) is 11.7 Å². The molecule has 1 aliphatic carbocycles. The molecule has 0 heterocycles. The molecule has 0 radical (unpaired) electrons. The van der Waals surface area contributed by atoms with Crippen molar-refractivity contribution in [2.45, 2.75) is 6.92 Å². The Morgan fingerprint density at radius 2 is 1.65 bits per heavy atom. The van der Waals surface area contributed by atoms with Gasteiger partial charge in [0.15, 0.2) is 5.78 Å². The van der Waals surface area contributed by atoms with E-state index in [1.807, 2.05) is 55.5 Å². The predicted octanol–water partition coefficient (Wildman–Crippen LogP) is 4.62. The summed E-state index contributed by atoms with van der Waals surface area (Å²) in [6.45, 7) is 6.18. The lowest BCUT2D eigenvalue weighted by Crippen LogP contribution is -2.20. The molecule has 1 atom stereocenters. The van der Waals surface area contributed by atoms with Crippen LogP contribution in [-0.4, -0.2) is 5.78 Å². The Balaban J connectivity index is 2.05. The van der Waals surface area contributed by atoms with E-state index in [9.17, 15) is 4.79 Å². The van der Waals surface area contributed by atoms with Crippen molar-refractivity contribution in [1.82, 2.24) is 0 Å². The van der Waals surface area contributed by atoms with Crippen LogP contribution in [0.2, 0.25) is 0 Å². The van der Waals surface area contributed by atoms with Gasteiger partial charge in [0.25, 0.3) is 0 Å². The van der Waals surface area contributed by atoms with Gasteiger partial charge in [0.1, 0.15) is 0 Å². The third-order valence-electron chi connectivity index (χ3n) is 3.81. The molecule has 0 amide bonds. The molecular weight excluding hydrogens is 244 g/mol. The lowest BCUT2D eigenvalue weighted by molar-refractivity contribution is 0.0965. The van der Waals surface area contributed by atoms with Gasteiger partial charge >= 0.3 is 0 Å². The largest absolute Gasteiger partial charge is 0.293 e. The second-order valence-corrected chi connectivity index (χ2v) is 5.16. The minimum absolute atomic E-state index is 0.124. The molecule has 20 heavy (non-hydrogen) atoms. The van der Waals surface area contributed by atoms with Crippen molar-refractivity contribution in [1.29, 1.82) is 0 Å². The van der Waals surface area contributed by atoms with Crippen LogP contribution in [0.4, 0.5) is 0 Å². The molecule has 2 aromatic carbocycles. The predicted molar refractivity (Wildman–Crippen MR) is 83.4 cm³/mol. The van der Waals surface area contributed by atoms with Crippen molar-refractivity contribution < 1.29 is 4.79 Å². The van der Waals surface area contributed by atoms with Gasteiger partial charge in [-0.2, -0.15) is 0 Å². The number of benzene rings is 2. The molecule has 0 aromatic heterocycles. The van der Waals surface area contributed by atoms with Crippen molar-refractivity contribution in [3.8, 4) is 0 Å². The SMILES string of the molecule is C=C1c2ccccc2C=C(C)C1C(=O)c1ccccc1. The van der Waals surface area contributed by atoms with Gasteiger partial charge in [0.2, 0.25) is 0 Å². The zero-order valence-corrected chi connectivity index (χ0v) is 11.5. The Labute approximate surface area is 119 Å². The average molecular weight is 260 g/mol. The summed E-state index contributed by atoms with van der Waals surface area (Å²) in [5.41, 5.74) is 4.92. The number of rotatable bonds is 2. The zero-order valence-electron chi connectivity index (χ0n) is 11.5. The maximum absolute atomic E-state index is 12.7. The second-order valence-electron chi connectivity index (χ2n) is 5.16. The van der Waals surface area contributed by atoms with E-state index in [0.29, 0.717) is 0 Å². The van der Waals surface area contributed by atoms with Crippen molar-refractivity contribution in [3.63, 3.8) is 0 Å². The molecule has 0 saturated heterocycles. The summed E-state index contributed by atoms with van der Waals surface area (Å²) < 4.78 is 0. The summed E-state index contributed by atoms with van der Waals surface area (Å²) in [6, 6.07) is 17.5.